The molecular weight excluding hydrogens is 432 g/mol. The van der Waals surface area contributed by atoms with E-state index in [4.69, 9.17) is 4.74 Å². The Labute approximate surface area is 214 Å². The number of Topliss-reactive ketones (excluding diaryl/α,β-unsaturated/α-hetero) is 1. The van der Waals surface area contributed by atoms with Crippen LogP contribution in [0.3, 0.4) is 0 Å². The second-order valence-electron chi connectivity index (χ2n) is 14.4. The highest BCUT2D eigenvalue weighted by Crippen LogP contribution is 2.64. The summed E-state index contributed by atoms with van der Waals surface area (Å²) in [7, 11) is 4.40. The predicted octanol–water partition coefficient (Wildman–Crippen LogP) is 5.71. The highest BCUT2D eigenvalue weighted by atomic mass is 16.5. The number of hydrogen-bond acceptors (Lipinski definition) is 4. The Morgan fingerprint density at radius 2 is 1.97 bits per heavy atom. The fourth-order valence-corrected chi connectivity index (χ4v) is 10.1. The molecule has 6 rings (SSSR count). The van der Waals surface area contributed by atoms with E-state index in [1.807, 2.05) is 5.57 Å². The molecule has 0 amide bonds. The minimum atomic E-state index is 0.0744. The molecule has 0 aromatic carbocycles. The SMILES string of the molecule is CC1=C2C[C@H]3[C@@H](CC[C@@H]4CC(=O)CC[C@@]43C)[C@@H]2CC[C@]2(C1)C[C@H]1[C@@H](C[C@H](C)CN1CCN(C)C)O2. The molecular formula is C31H50N2O2. The minimum absolute atomic E-state index is 0.0744. The van der Waals surface area contributed by atoms with E-state index in [1.54, 1.807) is 5.57 Å². The molecule has 6 aliphatic rings. The zero-order valence-electron chi connectivity index (χ0n) is 23.2. The van der Waals surface area contributed by atoms with Crippen molar-refractivity contribution in [3.63, 3.8) is 0 Å². The number of likely N-dealkylation sites (N-methyl/N-ethyl adjacent to an activating group) is 1. The van der Waals surface area contributed by atoms with E-state index >= 15 is 0 Å². The lowest BCUT2D eigenvalue weighted by molar-refractivity contribution is -0.129. The second kappa shape index (κ2) is 8.95. The number of rotatable bonds is 3. The topological polar surface area (TPSA) is 32.8 Å². The quantitative estimate of drug-likeness (QED) is 0.483. The molecule has 196 valence electrons. The smallest absolute Gasteiger partial charge is 0.133 e. The molecule has 5 fully saturated rings. The van der Waals surface area contributed by atoms with Crippen LogP contribution in [0.15, 0.2) is 11.1 Å². The normalized spacial score (nSPS) is 48.1. The zero-order chi connectivity index (χ0) is 24.5. The standard InChI is InChI=1S/C31H50N2O2/c1-20-14-29-28(33(19-20)13-12-32(4)5)18-31(35-29)11-9-24-25-7-6-22-15-23(34)8-10-30(22,3)27(25)16-26(24)21(2)17-31/h20,22,24-25,27-29H,6-19H2,1-5H3/t20-,22+,24-,25-,27-,28-,29+,30-,31-/m0/s1. The first-order valence-corrected chi connectivity index (χ1v) is 14.9. The van der Waals surface area contributed by atoms with E-state index in [-0.39, 0.29) is 5.60 Å². The van der Waals surface area contributed by atoms with E-state index in [0.717, 1.165) is 49.5 Å². The Bertz CT molecular complexity index is 881. The van der Waals surface area contributed by atoms with Crippen LogP contribution in [-0.2, 0) is 9.53 Å². The molecule has 2 saturated heterocycles. The van der Waals surface area contributed by atoms with Crippen molar-refractivity contribution < 1.29 is 9.53 Å². The number of nitrogens with zero attached hydrogens (tertiary/aromatic N) is 2. The summed E-state index contributed by atoms with van der Waals surface area (Å²) in [5, 5.41) is 0. The number of hydrogen-bond donors (Lipinski definition) is 0. The molecule has 2 aliphatic heterocycles. The van der Waals surface area contributed by atoms with Gasteiger partial charge in [0.2, 0.25) is 0 Å². The molecule has 0 unspecified atom stereocenters. The average molecular weight is 483 g/mol. The third kappa shape index (κ3) is 4.18. The van der Waals surface area contributed by atoms with Gasteiger partial charge in [0.15, 0.2) is 0 Å². The molecule has 2 heterocycles. The van der Waals surface area contributed by atoms with Crippen molar-refractivity contribution in [3.8, 4) is 0 Å². The lowest BCUT2D eigenvalue weighted by atomic mass is 9.52. The molecule has 4 aliphatic carbocycles. The van der Waals surface area contributed by atoms with E-state index < -0.39 is 0 Å². The van der Waals surface area contributed by atoms with Gasteiger partial charge in [-0.2, -0.15) is 0 Å². The van der Waals surface area contributed by atoms with Crippen LogP contribution in [0.2, 0.25) is 0 Å². The Kier molecular flexibility index (Phi) is 6.29. The second-order valence-corrected chi connectivity index (χ2v) is 14.4. The molecule has 1 spiro atoms. The first-order valence-electron chi connectivity index (χ1n) is 14.9. The van der Waals surface area contributed by atoms with Gasteiger partial charge in [-0.3, -0.25) is 9.69 Å². The highest BCUT2D eigenvalue weighted by molar-refractivity contribution is 5.79. The van der Waals surface area contributed by atoms with E-state index in [1.165, 1.54) is 64.5 Å². The van der Waals surface area contributed by atoms with Crippen molar-refractivity contribution in [3.05, 3.63) is 11.1 Å². The number of carbonyl (C=O) groups excluding carboxylic acids is 1. The summed E-state index contributed by atoms with van der Waals surface area (Å²) in [6.07, 6.45) is 13.5. The third-order valence-corrected chi connectivity index (χ3v) is 11.9. The average Bonchev–Trinajstić information content (AvgIpc) is 3.32. The van der Waals surface area contributed by atoms with Gasteiger partial charge in [0, 0.05) is 38.5 Å². The number of fused-ring (bicyclic) bond motifs is 6. The summed E-state index contributed by atoms with van der Waals surface area (Å²) in [6.45, 7) is 11.0. The largest absolute Gasteiger partial charge is 0.370 e. The lowest BCUT2D eigenvalue weighted by Gasteiger charge is -2.52. The van der Waals surface area contributed by atoms with Crippen LogP contribution in [0.5, 0.6) is 0 Å². The summed E-state index contributed by atoms with van der Waals surface area (Å²) in [5.74, 6) is 4.36. The van der Waals surface area contributed by atoms with Crippen LogP contribution in [0.1, 0.15) is 91.4 Å². The van der Waals surface area contributed by atoms with Gasteiger partial charge in [0.25, 0.3) is 0 Å². The summed E-state index contributed by atoms with van der Waals surface area (Å²) in [6, 6.07) is 0.615. The number of carbonyl (C=O) groups is 1. The van der Waals surface area contributed by atoms with Crippen LogP contribution in [0.25, 0.3) is 0 Å². The monoisotopic (exact) mass is 482 g/mol. The van der Waals surface area contributed by atoms with Crippen molar-refractivity contribution >= 4 is 5.78 Å². The summed E-state index contributed by atoms with van der Waals surface area (Å²) < 4.78 is 7.14. The maximum atomic E-state index is 12.2. The van der Waals surface area contributed by atoms with Crippen molar-refractivity contribution in [1.29, 1.82) is 0 Å². The molecule has 0 aromatic rings. The maximum absolute atomic E-state index is 12.2. The predicted molar refractivity (Wildman–Crippen MR) is 141 cm³/mol. The van der Waals surface area contributed by atoms with Crippen molar-refractivity contribution in [2.75, 3.05) is 33.7 Å². The lowest BCUT2D eigenvalue weighted by Crippen LogP contribution is -2.50. The summed E-state index contributed by atoms with van der Waals surface area (Å²) >= 11 is 0. The molecule has 3 saturated carbocycles. The molecule has 0 aromatic heterocycles. The Balaban J connectivity index is 1.22. The van der Waals surface area contributed by atoms with Crippen LogP contribution in [0, 0.1) is 35.0 Å². The Hall–Kier alpha value is -0.710. The summed E-state index contributed by atoms with van der Waals surface area (Å²) in [4.78, 5) is 17.4. The first-order chi connectivity index (χ1) is 16.7. The zero-order valence-corrected chi connectivity index (χ0v) is 23.2. The number of allylic oxidation sites excluding steroid dienone is 1. The number of ether oxygens (including phenoxy) is 1. The van der Waals surface area contributed by atoms with Crippen LogP contribution < -0.4 is 0 Å². The van der Waals surface area contributed by atoms with Crippen LogP contribution in [0.4, 0.5) is 0 Å². The molecule has 35 heavy (non-hydrogen) atoms. The van der Waals surface area contributed by atoms with Gasteiger partial charge in [-0.1, -0.05) is 25.0 Å². The number of piperidine rings is 1. The van der Waals surface area contributed by atoms with E-state index in [9.17, 15) is 4.79 Å². The maximum Gasteiger partial charge on any atom is 0.133 e. The molecule has 4 heteroatoms. The van der Waals surface area contributed by atoms with Gasteiger partial charge in [-0.15, -0.1) is 0 Å². The third-order valence-electron chi connectivity index (χ3n) is 11.9. The van der Waals surface area contributed by atoms with Crippen LogP contribution in [-0.4, -0.2) is 67.1 Å². The molecule has 9 atom stereocenters. The Morgan fingerprint density at radius 1 is 1.14 bits per heavy atom. The summed E-state index contributed by atoms with van der Waals surface area (Å²) in [5.41, 5.74) is 3.98. The van der Waals surface area contributed by atoms with Gasteiger partial charge >= 0.3 is 0 Å². The molecule has 4 nitrogen and oxygen atoms in total. The molecule has 0 N–H and O–H groups in total. The number of ketones is 1. The van der Waals surface area contributed by atoms with E-state index in [0.29, 0.717) is 29.3 Å². The van der Waals surface area contributed by atoms with Gasteiger partial charge in [0.1, 0.15) is 5.78 Å². The minimum Gasteiger partial charge on any atom is -0.370 e. The van der Waals surface area contributed by atoms with Crippen molar-refractivity contribution in [2.24, 2.45) is 35.0 Å². The van der Waals surface area contributed by atoms with Gasteiger partial charge in [-0.25, -0.2) is 0 Å². The number of likely N-dealkylation sites (tertiary alicyclic amines) is 1. The fraction of sp³-hybridized carbons (Fsp3) is 0.903. The fourth-order valence-electron chi connectivity index (χ4n) is 10.1. The molecule has 0 bridgehead atoms. The molecule has 0 radical (unpaired) electrons. The van der Waals surface area contributed by atoms with Gasteiger partial charge < -0.3 is 9.64 Å². The van der Waals surface area contributed by atoms with E-state index in [2.05, 4.69) is 44.7 Å². The van der Waals surface area contributed by atoms with Gasteiger partial charge in [-0.05, 0) is 114 Å². The van der Waals surface area contributed by atoms with Gasteiger partial charge in [0.05, 0.1) is 11.7 Å². The first kappa shape index (κ1) is 24.6. The van der Waals surface area contributed by atoms with Crippen LogP contribution >= 0.6 is 0 Å². The van der Waals surface area contributed by atoms with Crippen molar-refractivity contribution in [1.82, 2.24) is 9.80 Å². The van der Waals surface area contributed by atoms with Crippen molar-refractivity contribution in [2.45, 2.75) is 109 Å². The highest BCUT2D eigenvalue weighted by Gasteiger charge is 2.58. The Morgan fingerprint density at radius 3 is 2.77 bits per heavy atom.